The van der Waals surface area contributed by atoms with E-state index in [1.807, 2.05) is 25.2 Å². The van der Waals surface area contributed by atoms with Crippen LogP contribution in [0.15, 0.2) is 18.2 Å². The molecular formula is C16H26ClNO2. The predicted octanol–water partition coefficient (Wildman–Crippen LogP) is 3.68. The van der Waals surface area contributed by atoms with E-state index in [2.05, 4.69) is 19.2 Å². The minimum atomic E-state index is -0.178. The van der Waals surface area contributed by atoms with Crippen molar-refractivity contribution in [1.29, 1.82) is 0 Å². The van der Waals surface area contributed by atoms with E-state index in [4.69, 9.17) is 21.1 Å². The summed E-state index contributed by atoms with van der Waals surface area (Å²) < 4.78 is 11.3. The molecular weight excluding hydrogens is 274 g/mol. The molecule has 1 unspecified atom stereocenters. The molecule has 1 aromatic carbocycles. The number of nitrogens with one attached hydrogen (secondary N) is 1. The molecule has 0 spiro atoms. The Morgan fingerprint density at radius 2 is 1.90 bits per heavy atom. The highest BCUT2D eigenvalue weighted by Gasteiger charge is 2.35. The summed E-state index contributed by atoms with van der Waals surface area (Å²) >= 11 is 6.11. The molecule has 0 saturated carbocycles. The third-order valence-electron chi connectivity index (χ3n) is 4.25. The molecule has 0 bridgehead atoms. The molecule has 3 nitrogen and oxygen atoms in total. The zero-order valence-electron chi connectivity index (χ0n) is 13.1. The summed E-state index contributed by atoms with van der Waals surface area (Å²) in [6.07, 6.45) is 2.72. The van der Waals surface area contributed by atoms with E-state index < -0.39 is 0 Å². The Hall–Kier alpha value is -0.770. The highest BCUT2D eigenvalue weighted by molar-refractivity contribution is 6.30. The molecule has 0 aliphatic rings. The van der Waals surface area contributed by atoms with Crippen molar-refractivity contribution in [3.63, 3.8) is 0 Å². The number of methoxy groups -OCH3 is 2. The van der Waals surface area contributed by atoms with E-state index in [1.165, 1.54) is 0 Å². The van der Waals surface area contributed by atoms with Crippen LogP contribution in [-0.4, -0.2) is 32.9 Å². The normalized spacial score (nSPS) is 13.3. The lowest BCUT2D eigenvalue weighted by molar-refractivity contribution is -0.0455. The second-order valence-corrected chi connectivity index (χ2v) is 5.41. The van der Waals surface area contributed by atoms with Crippen LogP contribution in [0, 0.1) is 0 Å². The lowest BCUT2D eigenvalue weighted by Gasteiger charge is -2.38. The number of hydrogen-bond donors (Lipinski definition) is 1. The summed E-state index contributed by atoms with van der Waals surface area (Å²) in [5.41, 5.74) is 0.921. The first-order valence-electron chi connectivity index (χ1n) is 7.11. The molecule has 114 valence electrons. The Morgan fingerprint density at radius 3 is 2.35 bits per heavy atom. The average molecular weight is 300 g/mol. The van der Waals surface area contributed by atoms with E-state index in [9.17, 15) is 0 Å². The van der Waals surface area contributed by atoms with Gasteiger partial charge in [-0.2, -0.15) is 0 Å². The van der Waals surface area contributed by atoms with Gasteiger partial charge in [0.05, 0.1) is 12.7 Å². The first-order chi connectivity index (χ1) is 9.56. The van der Waals surface area contributed by atoms with Crippen molar-refractivity contribution in [2.45, 2.75) is 44.8 Å². The molecule has 0 aliphatic heterocycles. The smallest absolute Gasteiger partial charge is 0.122 e. The Labute approximate surface area is 127 Å². The summed E-state index contributed by atoms with van der Waals surface area (Å²) in [5, 5.41) is 4.12. The van der Waals surface area contributed by atoms with Gasteiger partial charge in [0.15, 0.2) is 0 Å². The summed E-state index contributed by atoms with van der Waals surface area (Å²) in [6, 6.07) is 5.93. The molecule has 0 aromatic heterocycles. The second-order valence-electron chi connectivity index (χ2n) is 4.98. The largest absolute Gasteiger partial charge is 0.496 e. The average Bonchev–Trinajstić information content (AvgIpc) is 2.48. The van der Waals surface area contributed by atoms with Crippen LogP contribution < -0.4 is 10.1 Å². The molecule has 0 aliphatic carbocycles. The van der Waals surface area contributed by atoms with Gasteiger partial charge in [0.1, 0.15) is 5.75 Å². The standard InChI is InChI=1S/C16H26ClNO2/c1-6-16(7-2,20-5)15(18-3)11-12-10-13(17)8-9-14(12)19-4/h8-10,15,18H,6-7,11H2,1-5H3. The van der Waals surface area contributed by atoms with Crippen LogP contribution in [0.2, 0.25) is 5.02 Å². The van der Waals surface area contributed by atoms with Crippen molar-refractivity contribution in [1.82, 2.24) is 5.32 Å². The van der Waals surface area contributed by atoms with Crippen molar-refractivity contribution in [3.8, 4) is 5.75 Å². The quantitative estimate of drug-likeness (QED) is 0.794. The third kappa shape index (κ3) is 3.66. The lowest BCUT2D eigenvalue weighted by Crippen LogP contribution is -2.51. The molecule has 0 fully saturated rings. The molecule has 20 heavy (non-hydrogen) atoms. The summed E-state index contributed by atoms with van der Waals surface area (Å²) in [6.45, 7) is 4.32. The topological polar surface area (TPSA) is 30.5 Å². The van der Waals surface area contributed by atoms with Gasteiger partial charge < -0.3 is 14.8 Å². The van der Waals surface area contributed by atoms with Crippen molar-refractivity contribution in [2.75, 3.05) is 21.3 Å². The fourth-order valence-corrected chi connectivity index (χ4v) is 3.05. The van der Waals surface area contributed by atoms with Gasteiger partial charge in [0.25, 0.3) is 0 Å². The molecule has 0 radical (unpaired) electrons. The van der Waals surface area contributed by atoms with Gasteiger partial charge in [-0.25, -0.2) is 0 Å². The van der Waals surface area contributed by atoms with E-state index in [0.717, 1.165) is 35.6 Å². The number of halogens is 1. The van der Waals surface area contributed by atoms with Crippen LogP contribution >= 0.6 is 11.6 Å². The maximum Gasteiger partial charge on any atom is 0.122 e. The predicted molar refractivity (Wildman–Crippen MR) is 84.9 cm³/mol. The fraction of sp³-hybridized carbons (Fsp3) is 0.625. The van der Waals surface area contributed by atoms with Crippen LogP contribution in [0.1, 0.15) is 32.3 Å². The zero-order valence-corrected chi connectivity index (χ0v) is 13.9. The minimum Gasteiger partial charge on any atom is -0.496 e. The maximum atomic E-state index is 6.11. The third-order valence-corrected chi connectivity index (χ3v) is 4.49. The van der Waals surface area contributed by atoms with Crippen LogP contribution in [-0.2, 0) is 11.2 Å². The molecule has 4 heteroatoms. The fourth-order valence-electron chi connectivity index (χ4n) is 2.85. The molecule has 1 aromatic rings. The lowest BCUT2D eigenvalue weighted by atomic mass is 9.84. The number of benzene rings is 1. The Bertz CT molecular complexity index is 411. The Kier molecular flexibility index (Phi) is 6.80. The summed E-state index contributed by atoms with van der Waals surface area (Å²) in [7, 11) is 5.44. The SMILES string of the molecule is CCC(CC)(OC)C(Cc1cc(Cl)ccc1OC)NC. The number of rotatable bonds is 8. The van der Waals surface area contributed by atoms with Crippen LogP contribution in [0.3, 0.4) is 0 Å². The van der Waals surface area contributed by atoms with Crippen LogP contribution in [0.5, 0.6) is 5.75 Å². The van der Waals surface area contributed by atoms with Gasteiger partial charge in [-0.05, 0) is 50.1 Å². The van der Waals surface area contributed by atoms with Crippen LogP contribution in [0.25, 0.3) is 0 Å². The van der Waals surface area contributed by atoms with Crippen LogP contribution in [0.4, 0.5) is 0 Å². The van der Waals surface area contributed by atoms with E-state index in [0.29, 0.717) is 0 Å². The van der Waals surface area contributed by atoms with E-state index in [1.54, 1.807) is 14.2 Å². The molecule has 0 saturated heterocycles. The second kappa shape index (κ2) is 7.87. The number of hydrogen-bond acceptors (Lipinski definition) is 3. The van der Waals surface area contributed by atoms with E-state index >= 15 is 0 Å². The molecule has 0 amide bonds. The Balaban J connectivity index is 3.07. The van der Waals surface area contributed by atoms with Gasteiger partial charge in [-0.3, -0.25) is 0 Å². The molecule has 1 atom stereocenters. The van der Waals surface area contributed by atoms with Gasteiger partial charge in [0.2, 0.25) is 0 Å². The Morgan fingerprint density at radius 1 is 1.25 bits per heavy atom. The van der Waals surface area contributed by atoms with Crippen molar-refractivity contribution < 1.29 is 9.47 Å². The number of ether oxygens (including phenoxy) is 2. The molecule has 1 N–H and O–H groups in total. The van der Waals surface area contributed by atoms with E-state index in [-0.39, 0.29) is 11.6 Å². The molecule has 1 rings (SSSR count). The van der Waals surface area contributed by atoms with Crippen molar-refractivity contribution >= 4 is 11.6 Å². The first kappa shape index (κ1) is 17.3. The number of likely N-dealkylation sites (N-methyl/N-ethyl adjacent to an activating group) is 1. The molecule has 0 heterocycles. The first-order valence-corrected chi connectivity index (χ1v) is 7.49. The highest BCUT2D eigenvalue weighted by Crippen LogP contribution is 2.30. The van der Waals surface area contributed by atoms with Gasteiger partial charge in [-0.1, -0.05) is 25.4 Å². The van der Waals surface area contributed by atoms with Crippen molar-refractivity contribution in [3.05, 3.63) is 28.8 Å². The monoisotopic (exact) mass is 299 g/mol. The maximum absolute atomic E-state index is 6.11. The minimum absolute atomic E-state index is 0.178. The zero-order chi connectivity index (χ0) is 15.2. The summed E-state index contributed by atoms with van der Waals surface area (Å²) in [4.78, 5) is 0. The highest BCUT2D eigenvalue weighted by atomic mass is 35.5. The van der Waals surface area contributed by atoms with Crippen molar-refractivity contribution in [2.24, 2.45) is 0 Å². The van der Waals surface area contributed by atoms with Gasteiger partial charge >= 0.3 is 0 Å². The summed E-state index contributed by atoms with van der Waals surface area (Å²) in [5.74, 6) is 0.867. The van der Waals surface area contributed by atoms with Gasteiger partial charge in [-0.15, -0.1) is 0 Å². The van der Waals surface area contributed by atoms with Gasteiger partial charge in [0, 0.05) is 18.2 Å².